The van der Waals surface area contributed by atoms with E-state index in [9.17, 15) is 24.6 Å². The van der Waals surface area contributed by atoms with E-state index in [1.54, 1.807) is 12.1 Å². The van der Waals surface area contributed by atoms with Crippen molar-refractivity contribution in [3.63, 3.8) is 0 Å². The van der Waals surface area contributed by atoms with Crippen molar-refractivity contribution in [2.45, 2.75) is 0 Å². The minimum Gasteiger partial charge on any atom is -0.543 e. The fourth-order valence-corrected chi connectivity index (χ4v) is 2.94. The first-order valence-electron chi connectivity index (χ1n) is 9.93. The number of hydrogen-bond acceptors (Lipinski definition) is 11. The molecule has 3 rings (SSSR count). The summed E-state index contributed by atoms with van der Waals surface area (Å²) in [4.78, 5) is 36.8. The number of benzene rings is 1. The molecular formula is C22H18ClNNa2O10. The molecule has 0 fully saturated rings. The third-order valence-corrected chi connectivity index (χ3v) is 4.47. The van der Waals surface area contributed by atoms with Crippen LogP contribution >= 0.6 is 11.6 Å². The summed E-state index contributed by atoms with van der Waals surface area (Å²) in [6.45, 7) is 1.09. The predicted molar refractivity (Wildman–Crippen MR) is 113 cm³/mol. The maximum absolute atomic E-state index is 11.7. The van der Waals surface area contributed by atoms with Gasteiger partial charge < -0.3 is 43.2 Å². The average Bonchev–Trinajstić information content (AvgIpc) is 2.79. The molecule has 14 heteroatoms. The number of carboxylic acid groups (broad SMARTS) is 2. The summed E-state index contributed by atoms with van der Waals surface area (Å²) in [5.74, 6) is -2.94. The van der Waals surface area contributed by atoms with Crippen molar-refractivity contribution in [3.8, 4) is 11.5 Å². The Balaban J connectivity index is 0.00000324. The number of fused-ring (bicyclic) bond motifs is 1. The van der Waals surface area contributed by atoms with Gasteiger partial charge in [0.05, 0.1) is 61.2 Å². The Morgan fingerprint density at radius 2 is 1.39 bits per heavy atom. The molecule has 1 aromatic carbocycles. The smallest absolute Gasteiger partial charge is 0.543 e. The minimum absolute atomic E-state index is 0. The van der Waals surface area contributed by atoms with Crippen LogP contribution in [0.15, 0.2) is 45.6 Å². The third-order valence-electron chi connectivity index (χ3n) is 4.24. The van der Waals surface area contributed by atoms with E-state index in [1.807, 2.05) is 0 Å². The normalized spacial score (nSPS) is 10.2. The Labute approximate surface area is 254 Å². The fraction of sp³-hybridized carbons (Fsp3) is 0.273. The van der Waals surface area contributed by atoms with Gasteiger partial charge in [-0.25, -0.2) is 9.78 Å². The van der Waals surface area contributed by atoms with Crippen molar-refractivity contribution in [2.75, 3.05) is 39.6 Å². The van der Waals surface area contributed by atoms with Gasteiger partial charge in [-0.2, -0.15) is 0 Å². The van der Waals surface area contributed by atoms with E-state index >= 15 is 0 Å². The standard InChI is InChI=1S/C22H20ClNO10.2Na/c23-13-1-2-15-18(12-20(25)34-19(15)9-13)33-8-6-31-4-3-30-5-7-32-14-10-16(21(26)27)24-17(11-14)22(28)29;;/h1-2,9-12H,3-8H2,(H,26,27)(H,28,29);;/q;2*+1/p-2. The molecule has 2 aromatic heterocycles. The molecule has 11 nitrogen and oxygen atoms in total. The number of carbonyl (C=O) groups excluding carboxylic acids is 2. The third kappa shape index (κ3) is 10.0. The second-order valence-corrected chi connectivity index (χ2v) is 7.08. The zero-order valence-electron chi connectivity index (χ0n) is 19.6. The van der Waals surface area contributed by atoms with Crippen molar-refractivity contribution in [3.05, 3.63) is 63.2 Å². The topological polar surface area (TPSA) is 160 Å². The number of ether oxygens (including phenoxy) is 4. The van der Waals surface area contributed by atoms with E-state index < -0.39 is 29.0 Å². The van der Waals surface area contributed by atoms with E-state index in [0.717, 1.165) is 12.1 Å². The molecule has 0 saturated carbocycles. The minimum atomic E-state index is -1.64. The number of aromatic nitrogens is 1. The van der Waals surface area contributed by atoms with Gasteiger partial charge in [0.25, 0.3) is 0 Å². The van der Waals surface area contributed by atoms with Crippen LogP contribution in [0.3, 0.4) is 0 Å². The van der Waals surface area contributed by atoms with Crippen molar-refractivity contribution < 1.29 is 102 Å². The molecule has 180 valence electrons. The zero-order valence-corrected chi connectivity index (χ0v) is 24.4. The second-order valence-electron chi connectivity index (χ2n) is 6.64. The molecule has 0 N–H and O–H groups in total. The molecule has 0 spiro atoms. The van der Waals surface area contributed by atoms with E-state index in [1.165, 1.54) is 12.1 Å². The van der Waals surface area contributed by atoms with Crippen molar-refractivity contribution in [1.82, 2.24) is 4.98 Å². The number of carbonyl (C=O) groups is 2. The number of aromatic carboxylic acids is 2. The first-order valence-corrected chi connectivity index (χ1v) is 10.3. The number of carboxylic acids is 2. The van der Waals surface area contributed by atoms with E-state index in [2.05, 4.69) is 4.98 Å². The molecule has 0 unspecified atom stereocenters. The molecule has 0 atom stereocenters. The van der Waals surface area contributed by atoms with Crippen LogP contribution in [0.5, 0.6) is 11.5 Å². The summed E-state index contributed by atoms with van der Waals surface area (Å²) in [6.07, 6.45) is 0. The first-order chi connectivity index (χ1) is 16.3. The fourth-order valence-electron chi connectivity index (χ4n) is 2.78. The summed E-state index contributed by atoms with van der Waals surface area (Å²) in [5.41, 5.74) is -1.40. The largest absolute Gasteiger partial charge is 1.00 e. The van der Waals surface area contributed by atoms with E-state index in [0.29, 0.717) is 21.7 Å². The molecule has 36 heavy (non-hydrogen) atoms. The maximum atomic E-state index is 11.7. The van der Waals surface area contributed by atoms with Gasteiger partial charge >= 0.3 is 64.7 Å². The molecule has 0 aliphatic rings. The van der Waals surface area contributed by atoms with Crippen LogP contribution in [-0.4, -0.2) is 56.6 Å². The first kappa shape index (κ1) is 32.4. The van der Waals surface area contributed by atoms with Gasteiger partial charge in [-0.1, -0.05) is 11.6 Å². The molecular weight excluding hydrogens is 520 g/mol. The van der Waals surface area contributed by atoms with Gasteiger partial charge in [-0.05, 0) is 12.1 Å². The van der Waals surface area contributed by atoms with Gasteiger partial charge in [0, 0.05) is 23.2 Å². The molecule has 0 aliphatic carbocycles. The Morgan fingerprint density at radius 1 is 0.833 bits per heavy atom. The Bertz CT molecular complexity index is 1200. The summed E-state index contributed by atoms with van der Waals surface area (Å²) < 4.78 is 26.7. The van der Waals surface area contributed by atoms with E-state index in [-0.39, 0.29) is 105 Å². The number of halogens is 1. The predicted octanol–water partition coefficient (Wildman–Crippen LogP) is -5.93. The van der Waals surface area contributed by atoms with Crippen LogP contribution < -0.4 is 84.4 Å². The van der Waals surface area contributed by atoms with Gasteiger partial charge in [0.2, 0.25) is 0 Å². The van der Waals surface area contributed by atoms with Crippen LogP contribution in [0, 0.1) is 0 Å². The quantitative estimate of drug-likeness (QED) is 0.116. The van der Waals surface area contributed by atoms with Crippen LogP contribution in [-0.2, 0) is 9.47 Å². The Hall–Kier alpha value is -1.67. The van der Waals surface area contributed by atoms with Crippen LogP contribution in [0.25, 0.3) is 11.0 Å². The average molecular weight is 538 g/mol. The Kier molecular flexibility index (Phi) is 14.6. The van der Waals surface area contributed by atoms with Gasteiger partial charge in [0.15, 0.2) is 0 Å². The van der Waals surface area contributed by atoms with Crippen LogP contribution in [0.1, 0.15) is 21.0 Å². The van der Waals surface area contributed by atoms with E-state index in [4.69, 9.17) is 35.0 Å². The number of pyridine rings is 1. The molecule has 3 aromatic rings. The van der Waals surface area contributed by atoms with Gasteiger partial charge in [-0.15, -0.1) is 0 Å². The summed E-state index contributed by atoms with van der Waals surface area (Å²) in [5, 5.41) is 22.9. The van der Waals surface area contributed by atoms with Crippen LogP contribution in [0.4, 0.5) is 0 Å². The number of hydrogen-bond donors (Lipinski definition) is 0. The van der Waals surface area contributed by atoms with Crippen molar-refractivity contribution >= 4 is 34.5 Å². The molecule has 2 heterocycles. The van der Waals surface area contributed by atoms with Gasteiger partial charge in [0.1, 0.15) is 30.3 Å². The van der Waals surface area contributed by atoms with Crippen LogP contribution in [0.2, 0.25) is 5.02 Å². The van der Waals surface area contributed by atoms with Gasteiger partial charge in [-0.3, -0.25) is 0 Å². The van der Waals surface area contributed by atoms with Crippen molar-refractivity contribution in [1.29, 1.82) is 0 Å². The monoisotopic (exact) mass is 537 g/mol. The summed E-state index contributed by atoms with van der Waals surface area (Å²) >= 11 is 5.90. The molecule has 0 amide bonds. The number of nitrogens with zero attached hydrogens (tertiary/aromatic N) is 1. The van der Waals surface area contributed by atoms with Crippen molar-refractivity contribution in [2.24, 2.45) is 0 Å². The SMILES string of the molecule is O=C([O-])c1cc(OCCOCCOCCOc2cc(=O)oc3cc(Cl)ccc23)cc(C(=O)[O-])n1.[Na+].[Na+]. The molecule has 0 bridgehead atoms. The summed E-state index contributed by atoms with van der Waals surface area (Å²) in [6, 6.07) is 8.21. The number of rotatable bonds is 13. The second kappa shape index (κ2) is 16.2. The molecule has 0 radical (unpaired) electrons. The maximum Gasteiger partial charge on any atom is 1.00 e. The Morgan fingerprint density at radius 3 is 1.97 bits per heavy atom. The molecule has 0 aliphatic heterocycles. The summed E-state index contributed by atoms with van der Waals surface area (Å²) in [7, 11) is 0. The molecule has 0 saturated heterocycles. The zero-order chi connectivity index (χ0) is 24.5.